The van der Waals surface area contributed by atoms with E-state index in [2.05, 4.69) is 42.5 Å². The highest BCUT2D eigenvalue weighted by Crippen LogP contribution is 2.15. The standard InChI is InChI=1S/C15H28N2.C2H6/c1-5-6-15-7-9-17(10-8-15)12-11-16(4)13-14(2)3;1-2/h14-15H,7-13H2,1-4H3;1-2H3. The first-order valence-corrected chi connectivity index (χ1v) is 7.95. The average Bonchev–Trinajstić information content (AvgIpc) is 2.40. The fourth-order valence-corrected chi connectivity index (χ4v) is 2.53. The number of rotatable bonds is 5. The first-order valence-electron chi connectivity index (χ1n) is 7.95. The molecule has 0 spiro atoms. The molecule has 0 aromatic carbocycles. The van der Waals surface area contributed by atoms with Gasteiger partial charge < -0.3 is 9.80 Å². The van der Waals surface area contributed by atoms with Crippen molar-refractivity contribution >= 4 is 0 Å². The van der Waals surface area contributed by atoms with Crippen molar-refractivity contribution in [2.24, 2.45) is 11.8 Å². The number of likely N-dealkylation sites (N-methyl/N-ethyl adjacent to an activating group) is 1. The lowest BCUT2D eigenvalue weighted by molar-refractivity contribution is 0.175. The monoisotopic (exact) mass is 266 g/mol. The van der Waals surface area contributed by atoms with E-state index in [4.69, 9.17) is 0 Å². The van der Waals surface area contributed by atoms with E-state index < -0.39 is 0 Å². The van der Waals surface area contributed by atoms with Gasteiger partial charge in [0.25, 0.3) is 0 Å². The third-order valence-corrected chi connectivity index (χ3v) is 3.41. The number of nitrogens with zero attached hydrogens (tertiary/aromatic N) is 2. The van der Waals surface area contributed by atoms with Gasteiger partial charge in [-0.05, 0) is 45.8 Å². The van der Waals surface area contributed by atoms with E-state index in [1.54, 1.807) is 0 Å². The molecule has 0 unspecified atom stereocenters. The maximum Gasteiger partial charge on any atom is 0.0227 e. The summed E-state index contributed by atoms with van der Waals surface area (Å²) in [6.45, 7) is 16.6. The maximum absolute atomic E-state index is 3.31. The minimum Gasteiger partial charge on any atom is -0.305 e. The van der Waals surface area contributed by atoms with Crippen LogP contribution in [0.2, 0.25) is 0 Å². The van der Waals surface area contributed by atoms with Crippen molar-refractivity contribution in [1.29, 1.82) is 0 Å². The summed E-state index contributed by atoms with van der Waals surface area (Å²) < 4.78 is 0. The van der Waals surface area contributed by atoms with E-state index in [0.717, 1.165) is 5.92 Å². The zero-order chi connectivity index (χ0) is 14.7. The second-order valence-electron chi connectivity index (χ2n) is 5.67. The van der Waals surface area contributed by atoms with Crippen LogP contribution in [0.3, 0.4) is 0 Å². The molecular weight excluding hydrogens is 232 g/mol. The summed E-state index contributed by atoms with van der Waals surface area (Å²) in [5.41, 5.74) is 0. The van der Waals surface area contributed by atoms with E-state index in [1.807, 2.05) is 20.8 Å². The average molecular weight is 266 g/mol. The Kier molecular flexibility index (Phi) is 11.0. The Bertz CT molecular complexity index is 254. The molecule has 1 rings (SSSR count). The van der Waals surface area contributed by atoms with Crippen molar-refractivity contribution in [1.82, 2.24) is 9.80 Å². The number of hydrogen-bond donors (Lipinski definition) is 0. The molecule has 1 saturated heterocycles. The van der Waals surface area contributed by atoms with Crippen molar-refractivity contribution in [3.05, 3.63) is 0 Å². The van der Waals surface area contributed by atoms with Gasteiger partial charge in [0.2, 0.25) is 0 Å². The van der Waals surface area contributed by atoms with Crippen LogP contribution in [-0.4, -0.2) is 49.6 Å². The second-order valence-corrected chi connectivity index (χ2v) is 5.67. The Balaban J connectivity index is 0.00000154. The second kappa shape index (κ2) is 11.3. The molecule has 0 aromatic heterocycles. The van der Waals surface area contributed by atoms with Crippen molar-refractivity contribution < 1.29 is 0 Å². The van der Waals surface area contributed by atoms with Crippen LogP contribution in [-0.2, 0) is 0 Å². The van der Waals surface area contributed by atoms with Crippen LogP contribution >= 0.6 is 0 Å². The Hall–Kier alpha value is -0.520. The summed E-state index contributed by atoms with van der Waals surface area (Å²) in [4.78, 5) is 5.03. The molecule has 0 aliphatic carbocycles. The van der Waals surface area contributed by atoms with Gasteiger partial charge in [-0.15, -0.1) is 11.8 Å². The zero-order valence-corrected chi connectivity index (χ0v) is 14.0. The van der Waals surface area contributed by atoms with Crippen LogP contribution in [0.25, 0.3) is 0 Å². The van der Waals surface area contributed by atoms with Gasteiger partial charge >= 0.3 is 0 Å². The van der Waals surface area contributed by atoms with Gasteiger partial charge in [0.15, 0.2) is 0 Å². The molecule has 1 heterocycles. The molecule has 1 fully saturated rings. The minimum atomic E-state index is 0.657. The fraction of sp³-hybridized carbons (Fsp3) is 0.882. The van der Waals surface area contributed by atoms with Gasteiger partial charge in [-0.3, -0.25) is 0 Å². The fourth-order valence-electron chi connectivity index (χ4n) is 2.53. The van der Waals surface area contributed by atoms with Crippen LogP contribution in [0.1, 0.15) is 47.5 Å². The molecule has 0 amide bonds. The van der Waals surface area contributed by atoms with E-state index in [-0.39, 0.29) is 0 Å². The molecular formula is C17H34N2. The molecule has 112 valence electrons. The SMILES string of the molecule is CC.CC#CC1CCN(CCN(C)CC(C)C)CC1. The Morgan fingerprint density at radius 2 is 1.79 bits per heavy atom. The Labute approximate surface area is 121 Å². The molecule has 1 aliphatic rings. The summed E-state index contributed by atoms with van der Waals surface area (Å²) in [6, 6.07) is 0. The predicted octanol–water partition coefficient (Wildman–Crippen LogP) is 3.34. The molecule has 2 nitrogen and oxygen atoms in total. The van der Waals surface area contributed by atoms with Crippen molar-refractivity contribution in [2.45, 2.75) is 47.5 Å². The molecule has 1 aliphatic heterocycles. The van der Waals surface area contributed by atoms with Crippen molar-refractivity contribution in [3.8, 4) is 11.8 Å². The predicted molar refractivity (Wildman–Crippen MR) is 86.3 cm³/mol. The van der Waals surface area contributed by atoms with Gasteiger partial charge in [0, 0.05) is 25.6 Å². The van der Waals surface area contributed by atoms with Crippen molar-refractivity contribution in [2.75, 3.05) is 39.8 Å². The number of piperidine rings is 1. The summed E-state index contributed by atoms with van der Waals surface area (Å²) in [7, 11) is 2.23. The van der Waals surface area contributed by atoms with Gasteiger partial charge in [-0.25, -0.2) is 0 Å². The highest BCUT2D eigenvalue weighted by molar-refractivity contribution is 5.02. The Morgan fingerprint density at radius 1 is 1.21 bits per heavy atom. The van der Waals surface area contributed by atoms with Gasteiger partial charge in [0.05, 0.1) is 0 Å². The third-order valence-electron chi connectivity index (χ3n) is 3.41. The van der Waals surface area contributed by atoms with Crippen LogP contribution < -0.4 is 0 Å². The van der Waals surface area contributed by atoms with E-state index in [9.17, 15) is 0 Å². The molecule has 2 heteroatoms. The van der Waals surface area contributed by atoms with Crippen LogP contribution in [0, 0.1) is 23.7 Å². The number of hydrogen-bond acceptors (Lipinski definition) is 2. The smallest absolute Gasteiger partial charge is 0.0227 e. The Morgan fingerprint density at radius 3 is 2.26 bits per heavy atom. The van der Waals surface area contributed by atoms with E-state index in [1.165, 1.54) is 45.6 Å². The van der Waals surface area contributed by atoms with Gasteiger partial charge in [-0.1, -0.05) is 27.7 Å². The zero-order valence-electron chi connectivity index (χ0n) is 14.0. The molecule has 0 radical (unpaired) electrons. The van der Waals surface area contributed by atoms with Crippen molar-refractivity contribution in [3.63, 3.8) is 0 Å². The highest BCUT2D eigenvalue weighted by atomic mass is 15.2. The minimum absolute atomic E-state index is 0.657. The highest BCUT2D eigenvalue weighted by Gasteiger charge is 2.17. The van der Waals surface area contributed by atoms with Crippen LogP contribution in [0.15, 0.2) is 0 Å². The van der Waals surface area contributed by atoms with Crippen LogP contribution in [0.5, 0.6) is 0 Å². The lowest BCUT2D eigenvalue weighted by Gasteiger charge is -2.31. The third kappa shape index (κ3) is 9.08. The summed E-state index contributed by atoms with van der Waals surface area (Å²) in [6.07, 6.45) is 2.52. The number of likely N-dealkylation sites (tertiary alicyclic amines) is 1. The van der Waals surface area contributed by atoms with Gasteiger partial charge in [-0.2, -0.15) is 0 Å². The molecule has 0 atom stereocenters. The summed E-state index contributed by atoms with van der Waals surface area (Å²) in [5.74, 6) is 7.78. The summed E-state index contributed by atoms with van der Waals surface area (Å²) >= 11 is 0. The molecule has 0 N–H and O–H groups in total. The first-order chi connectivity index (χ1) is 9.11. The molecule has 0 saturated carbocycles. The molecule has 0 aromatic rings. The lowest BCUT2D eigenvalue weighted by atomic mass is 9.97. The molecule has 0 bridgehead atoms. The quantitative estimate of drug-likeness (QED) is 0.704. The largest absolute Gasteiger partial charge is 0.305 e. The normalized spacial score (nSPS) is 16.8. The van der Waals surface area contributed by atoms with E-state index in [0.29, 0.717) is 5.92 Å². The first kappa shape index (κ1) is 18.5. The molecule has 19 heavy (non-hydrogen) atoms. The van der Waals surface area contributed by atoms with Gasteiger partial charge in [0.1, 0.15) is 0 Å². The van der Waals surface area contributed by atoms with E-state index >= 15 is 0 Å². The topological polar surface area (TPSA) is 6.48 Å². The van der Waals surface area contributed by atoms with Crippen LogP contribution in [0.4, 0.5) is 0 Å². The summed E-state index contributed by atoms with van der Waals surface area (Å²) in [5, 5.41) is 0. The lowest BCUT2D eigenvalue weighted by Crippen LogP contribution is -2.39. The maximum atomic E-state index is 3.31.